The summed E-state index contributed by atoms with van der Waals surface area (Å²) in [5, 5.41) is 12.1. The van der Waals surface area contributed by atoms with E-state index < -0.39 is 11.2 Å². The zero-order valence-electron chi connectivity index (χ0n) is 20.7. The molecule has 2 spiro atoms. The van der Waals surface area contributed by atoms with E-state index in [2.05, 4.69) is 44.9 Å². The molecule has 0 aromatic heterocycles. The second-order valence-corrected chi connectivity index (χ2v) is 12.5. The average Bonchev–Trinajstić information content (AvgIpc) is 3.12. The minimum atomic E-state index is -0.882. The molecule has 1 aromatic carbocycles. The van der Waals surface area contributed by atoms with E-state index in [0.29, 0.717) is 6.04 Å². The van der Waals surface area contributed by atoms with E-state index in [4.69, 9.17) is 14.2 Å². The summed E-state index contributed by atoms with van der Waals surface area (Å²) in [7, 11) is 5.89. The lowest BCUT2D eigenvalue weighted by molar-refractivity contribution is -0.311. The maximum atomic E-state index is 12.1. The van der Waals surface area contributed by atoms with E-state index in [0.717, 1.165) is 50.1 Å². The average molecular weight is 442 g/mol. The maximum absolute atomic E-state index is 12.1. The Morgan fingerprint density at radius 3 is 2.53 bits per heavy atom. The van der Waals surface area contributed by atoms with Crippen LogP contribution in [0.2, 0.25) is 0 Å². The molecule has 5 nitrogen and oxygen atoms in total. The number of methoxy groups -OCH3 is 2. The molecule has 0 radical (unpaired) electrons. The number of fused-ring (bicyclic) bond motifs is 2. The molecule has 2 aliphatic heterocycles. The number of ether oxygens (including phenoxy) is 3. The fraction of sp³-hybridized carbons (Fsp3) is 0.778. The Kier molecular flexibility index (Phi) is 4.00. The number of nitrogens with zero attached hydrogens (tertiary/aromatic N) is 1. The first-order valence-corrected chi connectivity index (χ1v) is 12.3. The monoisotopic (exact) mass is 441 g/mol. The Labute approximate surface area is 192 Å². The molecule has 1 N–H and O–H groups in total. The van der Waals surface area contributed by atoms with Crippen LogP contribution in [0.3, 0.4) is 0 Å². The topological polar surface area (TPSA) is 51.2 Å². The summed E-state index contributed by atoms with van der Waals surface area (Å²) in [5.41, 5.74) is 1.17. The lowest BCUT2D eigenvalue weighted by atomic mass is 9.33. The van der Waals surface area contributed by atoms with Gasteiger partial charge in [0.15, 0.2) is 11.5 Å². The molecule has 32 heavy (non-hydrogen) atoms. The summed E-state index contributed by atoms with van der Waals surface area (Å²) in [4.78, 5) is 2.60. The standard InChI is InChI=1S/C27H39NO4/c1-23(2,3)24(4,29)18-15-25-10-11-27(18,31-7)22-26(25)12-13-28(5)19(25)14-16-8-9-17(30-6)21(32-22)20(16)26/h8-9,18-19,22,29H,10-15H2,1-7H3/t18-,19-,22?,24-,25-,26+,27-/m1/s1. The van der Waals surface area contributed by atoms with Gasteiger partial charge in [-0.05, 0) is 69.7 Å². The molecule has 0 amide bonds. The van der Waals surface area contributed by atoms with Crippen LogP contribution in [0.1, 0.15) is 64.5 Å². The third kappa shape index (κ3) is 2.01. The Morgan fingerprint density at radius 1 is 1.12 bits per heavy atom. The summed E-state index contributed by atoms with van der Waals surface area (Å²) >= 11 is 0. The molecule has 176 valence electrons. The first-order valence-electron chi connectivity index (χ1n) is 12.3. The van der Waals surface area contributed by atoms with Gasteiger partial charge in [-0.15, -0.1) is 0 Å². The smallest absolute Gasteiger partial charge is 0.165 e. The third-order valence-corrected chi connectivity index (χ3v) is 11.0. The van der Waals surface area contributed by atoms with Gasteiger partial charge in [-0.25, -0.2) is 0 Å². The van der Waals surface area contributed by atoms with Crippen LogP contribution in [-0.4, -0.2) is 61.2 Å². The van der Waals surface area contributed by atoms with Crippen LogP contribution >= 0.6 is 0 Å². The minimum Gasteiger partial charge on any atom is -0.493 e. The van der Waals surface area contributed by atoms with Crippen molar-refractivity contribution in [2.24, 2.45) is 16.7 Å². The lowest BCUT2D eigenvalue weighted by Crippen LogP contribution is -2.83. The molecule has 5 heteroatoms. The van der Waals surface area contributed by atoms with Gasteiger partial charge in [-0.2, -0.15) is 0 Å². The van der Waals surface area contributed by atoms with Gasteiger partial charge in [-0.1, -0.05) is 26.8 Å². The van der Waals surface area contributed by atoms with Gasteiger partial charge in [0.2, 0.25) is 0 Å². The zero-order chi connectivity index (χ0) is 22.9. The molecule has 3 saturated carbocycles. The molecule has 4 aliphatic carbocycles. The summed E-state index contributed by atoms with van der Waals surface area (Å²) in [6.45, 7) is 9.59. The van der Waals surface area contributed by atoms with Crippen LogP contribution in [0.4, 0.5) is 0 Å². The number of likely N-dealkylation sites (N-methyl/N-ethyl adjacent to an activating group) is 1. The largest absolute Gasteiger partial charge is 0.493 e. The molecule has 1 aromatic rings. The number of hydrogen-bond acceptors (Lipinski definition) is 5. The molecule has 4 fully saturated rings. The Bertz CT molecular complexity index is 983. The maximum Gasteiger partial charge on any atom is 0.165 e. The summed E-state index contributed by atoms with van der Waals surface area (Å²) < 4.78 is 19.4. The van der Waals surface area contributed by atoms with Crippen molar-refractivity contribution in [1.82, 2.24) is 4.90 Å². The predicted octanol–water partition coefficient (Wildman–Crippen LogP) is 3.94. The SMILES string of the molecule is COc1ccc2c3c1OC1[C@@]4(OC)CC[C@@]5(C[C@@H]4[C@@](C)(O)C(C)(C)C)[C@@H](C2)N(C)CC[C@]315. The minimum absolute atomic E-state index is 0.00253. The van der Waals surface area contributed by atoms with Crippen molar-refractivity contribution in [2.75, 3.05) is 27.8 Å². The molecular formula is C27H39NO4. The van der Waals surface area contributed by atoms with E-state index in [-0.39, 0.29) is 28.3 Å². The number of likely N-dealkylation sites (tertiary alicyclic amines) is 1. The number of hydrogen-bond donors (Lipinski definition) is 1. The Balaban J connectivity index is 1.65. The molecule has 1 unspecified atom stereocenters. The van der Waals surface area contributed by atoms with Gasteiger partial charge in [0.25, 0.3) is 0 Å². The van der Waals surface area contributed by atoms with E-state index in [1.54, 1.807) is 7.11 Å². The molecule has 6 aliphatic rings. The molecule has 7 atom stereocenters. The fourth-order valence-corrected chi connectivity index (χ4v) is 9.01. The molecule has 4 bridgehead atoms. The number of piperidine rings is 1. The van der Waals surface area contributed by atoms with Crippen molar-refractivity contribution in [3.63, 3.8) is 0 Å². The van der Waals surface area contributed by atoms with Crippen molar-refractivity contribution in [2.45, 2.75) is 88.6 Å². The summed E-state index contributed by atoms with van der Waals surface area (Å²) in [5.74, 6) is 1.79. The number of benzene rings is 1. The first-order chi connectivity index (χ1) is 15.0. The van der Waals surface area contributed by atoms with Crippen molar-refractivity contribution < 1.29 is 19.3 Å². The molecule has 1 saturated heterocycles. The quantitative estimate of drug-likeness (QED) is 0.770. The second kappa shape index (κ2) is 6.03. The molecule has 7 rings (SSSR count). The highest BCUT2D eigenvalue weighted by Gasteiger charge is 2.82. The van der Waals surface area contributed by atoms with Gasteiger partial charge in [0.05, 0.1) is 12.7 Å². The summed E-state index contributed by atoms with van der Waals surface area (Å²) in [6.07, 6.45) is 5.07. The highest BCUT2D eigenvalue weighted by atomic mass is 16.6. The van der Waals surface area contributed by atoms with Crippen LogP contribution in [0.25, 0.3) is 0 Å². The first kappa shape index (κ1) is 21.2. The van der Waals surface area contributed by atoms with Gasteiger partial charge >= 0.3 is 0 Å². The second-order valence-electron chi connectivity index (χ2n) is 12.5. The normalized spacial score (nSPS) is 43.4. The van der Waals surface area contributed by atoms with Gasteiger partial charge in [0.1, 0.15) is 11.7 Å². The summed E-state index contributed by atoms with van der Waals surface area (Å²) in [6, 6.07) is 4.82. The van der Waals surface area contributed by atoms with E-state index in [1.807, 2.05) is 14.0 Å². The lowest BCUT2D eigenvalue weighted by Gasteiger charge is -2.75. The van der Waals surface area contributed by atoms with Crippen molar-refractivity contribution in [3.05, 3.63) is 23.3 Å². The van der Waals surface area contributed by atoms with E-state index in [9.17, 15) is 5.11 Å². The van der Waals surface area contributed by atoms with Crippen LogP contribution in [0, 0.1) is 16.7 Å². The van der Waals surface area contributed by atoms with Crippen molar-refractivity contribution in [3.8, 4) is 11.5 Å². The fourth-order valence-electron chi connectivity index (χ4n) is 9.01. The van der Waals surface area contributed by atoms with Gasteiger partial charge < -0.3 is 24.2 Å². The highest BCUT2D eigenvalue weighted by Crippen LogP contribution is 2.77. The van der Waals surface area contributed by atoms with Gasteiger partial charge in [0, 0.05) is 35.5 Å². The highest BCUT2D eigenvalue weighted by molar-refractivity contribution is 5.63. The van der Waals surface area contributed by atoms with Crippen LogP contribution in [0.15, 0.2) is 12.1 Å². The van der Waals surface area contributed by atoms with Crippen LogP contribution in [-0.2, 0) is 16.6 Å². The van der Waals surface area contributed by atoms with Crippen LogP contribution in [0.5, 0.6) is 11.5 Å². The third-order valence-electron chi connectivity index (χ3n) is 11.0. The molecular weight excluding hydrogens is 402 g/mol. The number of rotatable bonds is 3. The Morgan fingerprint density at radius 2 is 1.88 bits per heavy atom. The van der Waals surface area contributed by atoms with E-state index in [1.165, 1.54) is 11.1 Å². The Hall–Kier alpha value is -1.30. The van der Waals surface area contributed by atoms with Crippen LogP contribution < -0.4 is 9.47 Å². The van der Waals surface area contributed by atoms with E-state index >= 15 is 0 Å². The van der Waals surface area contributed by atoms with Crippen molar-refractivity contribution >= 4 is 0 Å². The number of aliphatic hydroxyl groups is 1. The predicted molar refractivity (Wildman–Crippen MR) is 123 cm³/mol. The van der Waals surface area contributed by atoms with Crippen molar-refractivity contribution in [1.29, 1.82) is 0 Å². The zero-order valence-corrected chi connectivity index (χ0v) is 20.7. The van der Waals surface area contributed by atoms with Gasteiger partial charge in [-0.3, -0.25) is 0 Å². The molecule has 2 heterocycles.